The summed E-state index contributed by atoms with van der Waals surface area (Å²) in [5.41, 5.74) is 3.38. The first-order chi connectivity index (χ1) is 12.5. The lowest BCUT2D eigenvalue weighted by molar-refractivity contribution is -0.109. The van der Waals surface area contributed by atoms with Gasteiger partial charge in [-0.25, -0.2) is 4.98 Å². The second kappa shape index (κ2) is 7.60. The average molecular weight is 351 g/mol. The number of carbonyl (C=O) groups is 1. The van der Waals surface area contributed by atoms with E-state index in [-0.39, 0.29) is 5.41 Å². The summed E-state index contributed by atoms with van der Waals surface area (Å²) < 4.78 is 8.01. The van der Waals surface area contributed by atoms with Gasteiger partial charge in [-0.2, -0.15) is 0 Å². The molecule has 1 aromatic heterocycles. The van der Waals surface area contributed by atoms with Crippen LogP contribution in [0.5, 0.6) is 5.75 Å². The quantitative estimate of drug-likeness (QED) is 0.661. The zero-order chi connectivity index (χ0) is 18.6. The Bertz CT molecular complexity index is 876. The van der Waals surface area contributed by atoms with Crippen molar-refractivity contribution >= 4 is 17.4 Å². The summed E-state index contributed by atoms with van der Waals surface area (Å²) in [5, 5.41) is 2.69. The maximum absolute atomic E-state index is 10.6. The Labute approximate surface area is 154 Å². The summed E-state index contributed by atoms with van der Waals surface area (Å²) in [6, 6.07) is 16.2. The third-order valence-electron chi connectivity index (χ3n) is 4.38. The fourth-order valence-corrected chi connectivity index (χ4v) is 2.95. The van der Waals surface area contributed by atoms with Gasteiger partial charge in [0.05, 0.1) is 24.1 Å². The number of hydrogen-bond acceptors (Lipinski definition) is 3. The van der Waals surface area contributed by atoms with E-state index in [4.69, 9.17) is 4.74 Å². The van der Waals surface area contributed by atoms with Crippen molar-refractivity contribution in [3.63, 3.8) is 0 Å². The van der Waals surface area contributed by atoms with Crippen LogP contribution in [0.2, 0.25) is 0 Å². The Hall–Kier alpha value is -2.82. The van der Waals surface area contributed by atoms with Gasteiger partial charge in [0.15, 0.2) is 0 Å². The van der Waals surface area contributed by atoms with Crippen LogP contribution < -0.4 is 10.1 Å². The van der Waals surface area contributed by atoms with E-state index in [2.05, 4.69) is 47.8 Å². The Kier molecular flexibility index (Phi) is 5.26. The highest BCUT2D eigenvalue weighted by atomic mass is 16.5. The predicted octanol–water partition coefficient (Wildman–Crippen LogP) is 3.66. The molecule has 0 atom stereocenters. The lowest BCUT2D eigenvalue weighted by Gasteiger charge is -2.19. The molecule has 0 bridgehead atoms. The van der Waals surface area contributed by atoms with E-state index in [1.807, 2.05) is 36.4 Å². The topological polar surface area (TPSA) is 56.1 Å². The minimum atomic E-state index is 0.134. The third-order valence-corrected chi connectivity index (χ3v) is 4.38. The number of benzene rings is 2. The number of amides is 1. The zero-order valence-corrected chi connectivity index (χ0v) is 15.5. The number of carbonyl (C=O) groups excluding carboxylic acids is 1. The molecule has 0 spiro atoms. The highest BCUT2D eigenvalue weighted by Gasteiger charge is 2.13. The van der Waals surface area contributed by atoms with E-state index in [0.29, 0.717) is 26.1 Å². The highest BCUT2D eigenvalue weighted by Crippen LogP contribution is 2.24. The average Bonchev–Trinajstić information content (AvgIpc) is 2.97. The lowest BCUT2D eigenvalue weighted by atomic mass is 9.87. The number of rotatable bonds is 7. The van der Waals surface area contributed by atoms with Gasteiger partial charge in [0.25, 0.3) is 0 Å². The van der Waals surface area contributed by atoms with Crippen LogP contribution in [0.3, 0.4) is 0 Å². The molecule has 5 heteroatoms. The first-order valence-corrected chi connectivity index (χ1v) is 8.83. The Morgan fingerprint density at radius 3 is 2.54 bits per heavy atom. The monoisotopic (exact) mass is 351 g/mol. The van der Waals surface area contributed by atoms with Crippen LogP contribution in [-0.4, -0.2) is 22.6 Å². The molecule has 0 aliphatic rings. The number of hydrogen-bond donors (Lipinski definition) is 1. The molecule has 1 heterocycles. The van der Waals surface area contributed by atoms with Gasteiger partial charge in [-0.3, -0.25) is 4.79 Å². The van der Waals surface area contributed by atoms with Gasteiger partial charge in [0.1, 0.15) is 18.2 Å². The van der Waals surface area contributed by atoms with Crippen LogP contribution in [0.1, 0.15) is 32.2 Å². The molecule has 26 heavy (non-hydrogen) atoms. The summed E-state index contributed by atoms with van der Waals surface area (Å²) in [6.07, 6.45) is 0.691. The maximum atomic E-state index is 10.6. The maximum Gasteiger partial charge on any atom is 0.207 e. The largest absolute Gasteiger partial charge is 0.492 e. The van der Waals surface area contributed by atoms with Crippen molar-refractivity contribution in [3.8, 4) is 5.75 Å². The van der Waals surface area contributed by atoms with Crippen molar-refractivity contribution in [1.29, 1.82) is 0 Å². The SMILES string of the molecule is CC(C)(C)c1ccc(OCCn2c(CNC=O)nc3ccccc32)cc1. The second-order valence-electron chi connectivity index (χ2n) is 7.29. The minimum absolute atomic E-state index is 0.134. The fourth-order valence-electron chi connectivity index (χ4n) is 2.95. The van der Waals surface area contributed by atoms with E-state index < -0.39 is 0 Å². The summed E-state index contributed by atoms with van der Waals surface area (Å²) in [7, 11) is 0. The summed E-state index contributed by atoms with van der Waals surface area (Å²) in [6.45, 7) is 8.19. The van der Waals surface area contributed by atoms with Gasteiger partial charge in [0, 0.05) is 0 Å². The van der Waals surface area contributed by atoms with Crippen LogP contribution in [-0.2, 0) is 23.3 Å². The fraction of sp³-hybridized carbons (Fsp3) is 0.333. The molecule has 136 valence electrons. The molecule has 0 unspecified atom stereocenters. The molecule has 3 rings (SSSR count). The predicted molar refractivity (Wildman–Crippen MR) is 103 cm³/mol. The molecule has 0 aliphatic carbocycles. The summed E-state index contributed by atoms with van der Waals surface area (Å²) >= 11 is 0. The summed E-state index contributed by atoms with van der Waals surface area (Å²) in [5.74, 6) is 1.68. The molecule has 3 aromatic rings. The number of nitrogens with zero attached hydrogens (tertiary/aromatic N) is 2. The molecule has 0 fully saturated rings. The number of para-hydroxylation sites is 2. The molecular formula is C21H25N3O2. The first kappa shape index (κ1) is 18.0. The molecule has 0 saturated carbocycles. The van der Waals surface area contributed by atoms with Gasteiger partial charge in [0.2, 0.25) is 6.41 Å². The highest BCUT2D eigenvalue weighted by molar-refractivity contribution is 5.75. The first-order valence-electron chi connectivity index (χ1n) is 8.83. The van der Waals surface area contributed by atoms with E-state index >= 15 is 0 Å². The van der Waals surface area contributed by atoms with Crippen LogP contribution in [0.4, 0.5) is 0 Å². The molecule has 2 aromatic carbocycles. The molecule has 5 nitrogen and oxygen atoms in total. The van der Waals surface area contributed by atoms with E-state index in [0.717, 1.165) is 22.6 Å². The minimum Gasteiger partial charge on any atom is -0.492 e. The molecule has 0 aliphatic heterocycles. The van der Waals surface area contributed by atoms with E-state index in [1.54, 1.807) is 0 Å². The Balaban J connectivity index is 1.70. The smallest absolute Gasteiger partial charge is 0.207 e. The van der Waals surface area contributed by atoms with Crippen molar-refractivity contribution in [3.05, 3.63) is 59.9 Å². The molecule has 0 radical (unpaired) electrons. The molecule has 1 N–H and O–H groups in total. The molecular weight excluding hydrogens is 326 g/mol. The Morgan fingerprint density at radius 2 is 1.85 bits per heavy atom. The van der Waals surface area contributed by atoms with Crippen LogP contribution in [0.15, 0.2) is 48.5 Å². The van der Waals surface area contributed by atoms with Crippen molar-refractivity contribution in [2.24, 2.45) is 0 Å². The van der Waals surface area contributed by atoms with Crippen LogP contribution in [0.25, 0.3) is 11.0 Å². The van der Waals surface area contributed by atoms with Gasteiger partial charge < -0.3 is 14.6 Å². The number of fused-ring (bicyclic) bond motifs is 1. The zero-order valence-electron chi connectivity index (χ0n) is 15.5. The van der Waals surface area contributed by atoms with Crippen LogP contribution in [0, 0.1) is 0 Å². The third kappa shape index (κ3) is 4.04. The van der Waals surface area contributed by atoms with Gasteiger partial charge >= 0.3 is 0 Å². The van der Waals surface area contributed by atoms with Crippen molar-refractivity contribution < 1.29 is 9.53 Å². The van der Waals surface area contributed by atoms with E-state index in [9.17, 15) is 4.79 Å². The van der Waals surface area contributed by atoms with Crippen molar-refractivity contribution in [1.82, 2.24) is 14.9 Å². The standard InChI is InChI=1S/C21H25N3O2/c1-21(2,3)16-8-10-17(11-9-16)26-13-12-24-19-7-5-4-6-18(19)23-20(24)14-22-15-25/h4-11,15H,12-14H2,1-3H3,(H,22,25). The normalized spacial score (nSPS) is 11.5. The van der Waals surface area contributed by atoms with Crippen molar-refractivity contribution in [2.45, 2.75) is 39.3 Å². The number of imidazole rings is 1. The number of ether oxygens (including phenoxy) is 1. The van der Waals surface area contributed by atoms with Gasteiger partial charge in [-0.1, -0.05) is 45.0 Å². The van der Waals surface area contributed by atoms with E-state index in [1.165, 1.54) is 5.56 Å². The van der Waals surface area contributed by atoms with Crippen LogP contribution >= 0.6 is 0 Å². The molecule has 1 amide bonds. The lowest BCUT2D eigenvalue weighted by Crippen LogP contribution is -2.17. The summed E-state index contributed by atoms with van der Waals surface area (Å²) in [4.78, 5) is 15.2. The Morgan fingerprint density at radius 1 is 1.12 bits per heavy atom. The van der Waals surface area contributed by atoms with Gasteiger partial charge in [-0.05, 0) is 35.2 Å². The van der Waals surface area contributed by atoms with Crippen molar-refractivity contribution in [2.75, 3.05) is 6.61 Å². The number of nitrogens with one attached hydrogen (secondary N) is 1. The van der Waals surface area contributed by atoms with Gasteiger partial charge in [-0.15, -0.1) is 0 Å². The second-order valence-corrected chi connectivity index (χ2v) is 7.29. The molecule has 0 saturated heterocycles. The number of aromatic nitrogens is 2.